The Bertz CT molecular complexity index is 241. The predicted molar refractivity (Wildman–Crippen MR) is 58.2 cm³/mol. The molecule has 0 fully saturated rings. The quantitative estimate of drug-likeness (QED) is 0.644. The SMILES string of the molecule is C=CCc1cccc(OC)c1.CC. The summed E-state index contributed by atoms with van der Waals surface area (Å²) in [6, 6.07) is 8.00. The lowest BCUT2D eigenvalue weighted by Crippen LogP contribution is -1.84. The first kappa shape index (κ1) is 11.8. The Labute approximate surface area is 81.1 Å². The third-order valence-corrected chi connectivity index (χ3v) is 1.51. The molecule has 13 heavy (non-hydrogen) atoms. The second-order valence-electron chi connectivity index (χ2n) is 2.34. The molecule has 0 spiro atoms. The molecule has 0 aliphatic rings. The van der Waals surface area contributed by atoms with Gasteiger partial charge in [0.1, 0.15) is 5.75 Å². The van der Waals surface area contributed by atoms with E-state index in [0.29, 0.717) is 0 Å². The topological polar surface area (TPSA) is 9.23 Å². The molecule has 0 saturated carbocycles. The fourth-order valence-electron chi connectivity index (χ4n) is 0.966. The van der Waals surface area contributed by atoms with Crippen LogP contribution in [0.15, 0.2) is 36.9 Å². The van der Waals surface area contributed by atoms with Crippen LogP contribution in [-0.4, -0.2) is 7.11 Å². The Kier molecular flexibility index (Phi) is 6.70. The van der Waals surface area contributed by atoms with Crippen molar-refractivity contribution in [3.63, 3.8) is 0 Å². The summed E-state index contributed by atoms with van der Waals surface area (Å²) in [5.41, 5.74) is 1.24. The summed E-state index contributed by atoms with van der Waals surface area (Å²) < 4.78 is 5.07. The molecule has 0 unspecified atom stereocenters. The van der Waals surface area contributed by atoms with Gasteiger partial charge in [-0.3, -0.25) is 0 Å². The van der Waals surface area contributed by atoms with Crippen LogP contribution < -0.4 is 4.74 Å². The van der Waals surface area contributed by atoms with E-state index >= 15 is 0 Å². The molecule has 1 nitrogen and oxygen atoms in total. The lowest BCUT2D eigenvalue weighted by atomic mass is 10.1. The van der Waals surface area contributed by atoms with Crippen molar-refractivity contribution in [3.05, 3.63) is 42.5 Å². The van der Waals surface area contributed by atoms with E-state index in [4.69, 9.17) is 4.74 Å². The first-order chi connectivity index (χ1) is 6.36. The molecule has 1 rings (SSSR count). The zero-order valence-corrected chi connectivity index (χ0v) is 8.71. The average Bonchev–Trinajstić information content (AvgIpc) is 2.22. The van der Waals surface area contributed by atoms with Crippen molar-refractivity contribution in [3.8, 4) is 5.75 Å². The predicted octanol–water partition coefficient (Wildman–Crippen LogP) is 3.45. The average molecular weight is 178 g/mol. The maximum Gasteiger partial charge on any atom is 0.119 e. The largest absolute Gasteiger partial charge is 0.497 e. The summed E-state index contributed by atoms with van der Waals surface area (Å²) in [7, 11) is 1.67. The second kappa shape index (κ2) is 7.41. The molecular formula is C12H18O. The fraction of sp³-hybridized carbons (Fsp3) is 0.333. The summed E-state index contributed by atoms with van der Waals surface area (Å²) in [5.74, 6) is 0.907. The van der Waals surface area contributed by atoms with Crippen LogP contribution in [-0.2, 0) is 6.42 Å². The van der Waals surface area contributed by atoms with Crippen LogP contribution in [0.3, 0.4) is 0 Å². The summed E-state index contributed by atoms with van der Waals surface area (Å²) in [5, 5.41) is 0. The van der Waals surface area contributed by atoms with Gasteiger partial charge in [-0.25, -0.2) is 0 Å². The van der Waals surface area contributed by atoms with E-state index < -0.39 is 0 Å². The molecule has 0 heterocycles. The standard InChI is InChI=1S/C10H12O.C2H6/c1-3-5-9-6-4-7-10(8-9)11-2;1-2/h3-4,6-8H,1,5H2,2H3;1-2H3. The van der Waals surface area contributed by atoms with Crippen molar-refractivity contribution in [2.45, 2.75) is 20.3 Å². The van der Waals surface area contributed by atoms with Crippen molar-refractivity contribution in [2.24, 2.45) is 0 Å². The van der Waals surface area contributed by atoms with E-state index in [1.165, 1.54) is 5.56 Å². The van der Waals surface area contributed by atoms with Gasteiger partial charge in [-0.1, -0.05) is 32.1 Å². The molecule has 0 atom stereocenters. The number of benzene rings is 1. The minimum Gasteiger partial charge on any atom is -0.497 e. The lowest BCUT2D eigenvalue weighted by molar-refractivity contribution is 0.414. The van der Waals surface area contributed by atoms with Crippen molar-refractivity contribution in [1.82, 2.24) is 0 Å². The highest BCUT2D eigenvalue weighted by Crippen LogP contribution is 2.12. The minimum atomic E-state index is 0.900. The number of rotatable bonds is 3. The zero-order chi connectivity index (χ0) is 10.1. The Morgan fingerprint density at radius 2 is 2.08 bits per heavy atom. The Hall–Kier alpha value is -1.24. The highest BCUT2D eigenvalue weighted by molar-refractivity contribution is 5.29. The zero-order valence-electron chi connectivity index (χ0n) is 8.71. The highest BCUT2D eigenvalue weighted by Gasteiger charge is 1.91. The van der Waals surface area contributed by atoms with E-state index in [0.717, 1.165) is 12.2 Å². The van der Waals surface area contributed by atoms with Crippen LogP contribution in [0.1, 0.15) is 19.4 Å². The van der Waals surface area contributed by atoms with Gasteiger partial charge in [0.2, 0.25) is 0 Å². The Morgan fingerprint density at radius 3 is 2.62 bits per heavy atom. The first-order valence-electron chi connectivity index (χ1n) is 4.60. The van der Waals surface area contributed by atoms with Gasteiger partial charge >= 0.3 is 0 Å². The van der Waals surface area contributed by atoms with Crippen LogP contribution >= 0.6 is 0 Å². The van der Waals surface area contributed by atoms with Crippen LogP contribution in [0.25, 0.3) is 0 Å². The monoisotopic (exact) mass is 178 g/mol. The maximum absolute atomic E-state index is 5.07. The molecule has 0 radical (unpaired) electrons. The number of ether oxygens (including phenoxy) is 1. The molecule has 0 N–H and O–H groups in total. The van der Waals surface area contributed by atoms with Gasteiger partial charge < -0.3 is 4.74 Å². The third kappa shape index (κ3) is 4.36. The van der Waals surface area contributed by atoms with Crippen LogP contribution in [0.4, 0.5) is 0 Å². The number of methoxy groups -OCH3 is 1. The minimum absolute atomic E-state index is 0.900. The third-order valence-electron chi connectivity index (χ3n) is 1.51. The van der Waals surface area contributed by atoms with Crippen molar-refractivity contribution < 1.29 is 4.74 Å². The molecule has 0 bridgehead atoms. The number of hydrogen-bond acceptors (Lipinski definition) is 1. The van der Waals surface area contributed by atoms with Gasteiger partial charge in [-0.2, -0.15) is 0 Å². The van der Waals surface area contributed by atoms with E-state index in [-0.39, 0.29) is 0 Å². The van der Waals surface area contributed by atoms with Crippen molar-refractivity contribution in [1.29, 1.82) is 0 Å². The summed E-state index contributed by atoms with van der Waals surface area (Å²) in [4.78, 5) is 0. The summed E-state index contributed by atoms with van der Waals surface area (Å²) in [6.07, 6.45) is 2.78. The van der Waals surface area contributed by atoms with Gasteiger partial charge in [0.05, 0.1) is 7.11 Å². The Morgan fingerprint density at radius 1 is 1.38 bits per heavy atom. The normalized spacial score (nSPS) is 8.23. The van der Waals surface area contributed by atoms with E-state index in [1.54, 1.807) is 7.11 Å². The summed E-state index contributed by atoms with van der Waals surface area (Å²) >= 11 is 0. The van der Waals surface area contributed by atoms with Gasteiger partial charge in [0.25, 0.3) is 0 Å². The fourth-order valence-corrected chi connectivity index (χ4v) is 0.966. The number of hydrogen-bond donors (Lipinski definition) is 0. The smallest absolute Gasteiger partial charge is 0.119 e. The van der Waals surface area contributed by atoms with Gasteiger partial charge in [0, 0.05) is 0 Å². The molecule has 0 amide bonds. The number of allylic oxidation sites excluding steroid dienone is 1. The van der Waals surface area contributed by atoms with E-state index in [1.807, 2.05) is 38.1 Å². The summed E-state index contributed by atoms with van der Waals surface area (Å²) in [6.45, 7) is 7.67. The molecule has 72 valence electrons. The molecule has 0 aliphatic heterocycles. The lowest BCUT2D eigenvalue weighted by Gasteiger charge is -2.00. The molecule has 1 aromatic rings. The Balaban J connectivity index is 0.000000671. The molecule has 1 aromatic carbocycles. The molecule has 0 saturated heterocycles. The maximum atomic E-state index is 5.07. The molecule has 1 heteroatoms. The molecule has 0 aromatic heterocycles. The van der Waals surface area contributed by atoms with Crippen LogP contribution in [0, 0.1) is 0 Å². The van der Waals surface area contributed by atoms with Crippen molar-refractivity contribution in [2.75, 3.05) is 7.11 Å². The van der Waals surface area contributed by atoms with Crippen molar-refractivity contribution >= 4 is 0 Å². The van der Waals surface area contributed by atoms with E-state index in [2.05, 4.69) is 12.6 Å². The highest BCUT2D eigenvalue weighted by atomic mass is 16.5. The van der Waals surface area contributed by atoms with Gasteiger partial charge in [-0.15, -0.1) is 6.58 Å². The van der Waals surface area contributed by atoms with Gasteiger partial charge in [-0.05, 0) is 24.1 Å². The van der Waals surface area contributed by atoms with Crippen LogP contribution in [0.5, 0.6) is 5.75 Å². The van der Waals surface area contributed by atoms with E-state index in [9.17, 15) is 0 Å². The second-order valence-corrected chi connectivity index (χ2v) is 2.34. The molecular weight excluding hydrogens is 160 g/mol. The van der Waals surface area contributed by atoms with Gasteiger partial charge in [0.15, 0.2) is 0 Å². The van der Waals surface area contributed by atoms with Crippen LogP contribution in [0.2, 0.25) is 0 Å². The molecule has 0 aliphatic carbocycles. The first-order valence-corrected chi connectivity index (χ1v) is 4.60.